The Balaban J connectivity index is 1.56. The highest BCUT2D eigenvalue weighted by molar-refractivity contribution is 5.99. The van der Waals surface area contributed by atoms with Gasteiger partial charge >= 0.3 is 5.97 Å². The Kier molecular flexibility index (Phi) is 5.61. The van der Waals surface area contributed by atoms with Gasteiger partial charge in [-0.05, 0) is 42.0 Å². The van der Waals surface area contributed by atoms with Crippen molar-refractivity contribution in [3.63, 3.8) is 0 Å². The van der Waals surface area contributed by atoms with Gasteiger partial charge in [0.15, 0.2) is 35.4 Å². The lowest BCUT2D eigenvalue weighted by Gasteiger charge is -2.09. The van der Waals surface area contributed by atoms with Gasteiger partial charge < -0.3 is 23.7 Å². The third-order valence-electron chi connectivity index (χ3n) is 3.86. The van der Waals surface area contributed by atoms with Gasteiger partial charge in [0.25, 0.3) is 0 Å². The number of hydrogen-bond acceptors (Lipinski definition) is 7. The fourth-order valence-corrected chi connectivity index (χ4v) is 2.46. The molecule has 0 saturated heterocycles. The number of carbonyl (C=O) groups is 2. The maximum absolute atomic E-state index is 12.2. The number of rotatable bonds is 7. The van der Waals surface area contributed by atoms with Gasteiger partial charge in [0.2, 0.25) is 6.79 Å². The van der Waals surface area contributed by atoms with E-state index in [1.165, 1.54) is 26.4 Å². The summed E-state index contributed by atoms with van der Waals surface area (Å²) in [6.07, 6.45) is 2.82. The van der Waals surface area contributed by atoms with Gasteiger partial charge in [0.1, 0.15) is 0 Å². The lowest BCUT2D eigenvalue weighted by atomic mass is 10.1. The standard InChI is InChI=1S/C20H18O7/c1-23-16-7-5-14(10-18(16)24-2)15(21)11-25-20(22)8-4-13-3-6-17-19(9-13)27-12-26-17/h3-10H,11-12H2,1-2H3/b8-4+. The van der Waals surface area contributed by atoms with E-state index in [9.17, 15) is 9.59 Å². The molecular formula is C20H18O7. The number of hydrogen-bond donors (Lipinski definition) is 0. The van der Waals surface area contributed by atoms with Crippen LogP contribution in [0.5, 0.6) is 23.0 Å². The van der Waals surface area contributed by atoms with E-state index in [2.05, 4.69) is 0 Å². The van der Waals surface area contributed by atoms with Crippen LogP contribution in [0.25, 0.3) is 6.08 Å². The van der Waals surface area contributed by atoms with E-state index in [1.807, 2.05) is 0 Å². The zero-order valence-corrected chi connectivity index (χ0v) is 14.9. The SMILES string of the molecule is COc1ccc(C(=O)COC(=O)/C=C/c2ccc3c(c2)OCO3)cc1OC. The van der Waals surface area contributed by atoms with Gasteiger partial charge in [-0.15, -0.1) is 0 Å². The second-order valence-electron chi connectivity index (χ2n) is 5.55. The zero-order valence-electron chi connectivity index (χ0n) is 14.9. The molecule has 0 fully saturated rings. The van der Waals surface area contributed by atoms with E-state index >= 15 is 0 Å². The van der Waals surface area contributed by atoms with Crippen molar-refractivity contribution in [1.82, 2.24) is 0 Å². The Labute approximate surface area is 156 Å². The zero-order chi connectivity index (χ0) is 19.2. The lowest BCUT2D eigenvalue weighted by molar-refractivity contribution is -0.136. The highest BCUT2D eigenvalue weighted by Crippen LogP contribution is 2.32. The molecule has 3 rings (SSSR count). The fraction of sp³-hybridized carbons (Fsp3) is 0.200. The van der Waals surface area contributed by atoms with Crippen molar-refractivity contribution in [3.05, 3.63) is 53.6 Å². The second kappa shape index (κ2) is 8.27. The van der Waals surface area contributed by atoms with Gasteiger partial charge in [-0.25, -0.2) is 4.79 Å². The minimum Gasteiger partial charge on any atom is -0.493 e. The molecule has 2 aromatic rings. The van der Waals surface area contributed by atoms with E-state index in [0.717, 1.165) is 5.56 Å². The number of esters is 1. The number of methoxy groups -OCH3 is 2. The molecule has 0 atom stereocenters. The quantitative estimate of drug-likeness (QED) is 0.421. The summed E-state index contributed by atoms with van der Waals surface area (Å²) in [5.41, 5.74) is 1.11. The predicted molar refractivity (Wildman–Crippen MR) is 96.4 cm³/mol. The average Bonchev–Trinajstić information content (AvgIpc) is 3.17. The minimum absolute atomic E-state index is 0.183. The molecule has 0 aromatic heterocycles. The van der Waals surface area contributed by atoms with Crippen LogP contribution < -0.4 is 18.9 Å². The molecule has 0 unspecified atom stereocenters. The molecule has 1 aliphatic heterocycles. The van der Waals surface area contributed by atoms with Gasteiger partial charge in [-0.1, -0.05) is 6.07 Å². The number of fused-ring (bicyclic) bond motifs is 1. The number of ketones is 1. The molecule has 27 heavy (non-hydrogen) atoms. The molecule has 0 radical (unpaired) electrons. The first-order valence-electron chi connectivity index (χ1n) is 8.10. The van der Waals surface area contributed by atoms with Crippen molar-refractivity contribution < 1.29 is 33.3 Å². The second-order valence-corrected chi connectivity index (χ2v) is 5.55. The average molecular weight is 370 g/mol. The van der Waals surface area contributed by atoms with Crippen molar-refractivity contribution in [2.24, 2.45) is 0 Å². The predicted octanol–water partition coefficient (Wildman–Crippen LogP) is 2.87. The molecule has 0 aliphatic carbocycles. The lowest BCUT2D eigenvalue weighted by Crippen LogP contribution is -2.12. The van der Waals surface area contributed by atoms with Crippen LogP contribution >= 0.6 is 0 Å². The van der Waals surface area contributed by atoms with Gasteiger partial charge in [-0.3, -0.25) is 4.79 Å². The Morgan fingerprint density at radius 3 is 2.56 bits per heavy atom. The molecule has 0 bridgehead atoms. The number of ether oxygens (including phenoxy) is 5. The van der Waals surface area contributed by atoms with Crippen LogP contribution in [0.3, 0.4) is 0 Å². The molecule has 0 saturated carbocycles. The van der Waals surface area contributed by atoms with Crippen LogP contribution in [0.1, 0.15) is 15.9 Å². The normalized spacial score (nSPS) is 12.1. The number of carbonyl (C=O) groups excluding carboxylic acids is 2. The molecule has 2 aromatic carbocycles. The molecule has 7 heteroatoms. The maximum Gasteiger partial charge on any atom is 0.331 e. The monoisotopic (exact) mass is 370 g/mol. The summed E-state index contributed by atoms with van der Waals surface area (Å²) >= 11 is 0. The van der Waals surface area contributed by atoms with E-state index in [0.29, 0.717) is 28.6 Å². The molecule has 140 valence electrons. The van der Waals surface area contributed by atoms with Gasteiger partial charge in [0.05, 0.1) is 14.2 Å². The van der Waals surface area contributed by atoms with E-state index in [1.54, 1.807) is 36.4 Å². The third-order valence-corrected chi connectivity index (χ3v) is 3.86. The molecule has 1 heterocycles. The third kappa shape index (κ3) is 4.38. The number of Topliss-reactive ketones (excluding diaryl/α,β-unsaturated/α-hetero) is 1. The van der Waals surface area contributed by atoms with Gasteiger partial charge in [0, 0.05) is 11.6 Å². The minimum atomic E-state index is -0.624. The molecule has 0 N–H and O–H groups in total. The van der Waals surface area contributed by atoms with Crippen molar-refractivity contribution in [2.75, 3.05) is 27.6 Å². The maximum atomic E-state index is 12.2. The van der Waals surface area contributed by atoms with Crippen LogP contribution in [0.4, 0.5) is 0 Å². The van der Waals surface area contributed by atoms with Crippen LogP contribution in [-0.4, -0.2) is 39.4 Å². The first kappa shape index (κ1) is 18.3. The highest BCUT2D eigenvalue weighted by Gasteiger charge is 2.14. The molecular weight excluding hydrogens is 352 g/mol. The molecule has 7 nitrogen and oxygen atoms in total. The van der Waals surface area contributed by atoms with E-state index in [-0.39, 0.29) is 19.2 Å². The topological polar surface area (TPSA) is 80.3 Å². The van der Waals surface area contributed by atoms with E-state index in [4.69, 9.17) is 23.7 Å². The van der Waals surface area contributed by atoms with Crippen LogP contribution in [0, 0.1) is 0 Å². The Bertz CT molecular complexity index is 886. The van der Waals surface area contributed by atoms with Crippen molar-refractivity contribution in [2.45, 2.75) is 0 Å². The summed E-state index contributed by atoms with van der Waals surface area (Å²) in [5, 5.41) is 0. The summed E-state index contributed by atoms with van der Waals surface area (Å²) in [6.45, 7) is -0.192. The fourth-order valence-electron chi connectivity index (χ4n) is 2.46. The summed E-state index contributed by atoms with van der Waals surface area (Å²) in [6, 6.07) is 10.0. The van der Waals surface area contributed by atoms with Crippen molar-refractivity contribution in [1.29, 1.82) is 0 Å². The Morgan fingerprint density at radius 2 is 1.78 bits per heavy atom. The number of benzene rings is 2. The molecule has 1 aliphatic rings. The first-order valence-corrected chi connectivity index (χ1v) is 8.10. The summed E-state index contributed by atoms with van der Waals surface area (Å²) < 4.78 is 25.8. The summed E-state index contributed by atoms with van der Waals surface area (Å²) in [7, 11) is 2.99. The molecule has 0 amide bonds. The first-order chi connectivity index (χ1) is 13.1. The van der Waals surface area contributed by atoms with Crippen molar-refractivity contribution >= 4 is 17.8 Å². The van der Waals surface area contributed by atoms with Gasteiger partial charge in [-0.2, -0.15) is 0 Å². The van der Waals surface area contributed by atoms with Crippen molar-refractivity contribution in [3.8, 4) is 23.0 Å². The van der Waals surface area contributed by atoms with E-state index < -0.39 is 5.97 Å². The summed E-state index contributed by atoms with van der Waals surface area (Å²) in [5.74, 6) is 1.25. The van der Waals surface area contributed by atoms with Crippen LogP contribution in [-0.2, 0) is 9.53 Å². The Hall–Kier alpha value is -3.48. The molecule has 0 spiro atoms. The summed E-state index contributed by atoms with van der Waals surface area (Å²) in [4.78, 5) is 24.0. The van der Waals surface area contributed by atoms with Crippen LogP contribution in [0.2, 0.25) is 0 Å². The highest BCUT2D eigenvalue weighted by atomic mass is 16.7. The van der Waals surface area contributed by atoms with Crippen LogP contribution in [0.15, 0.2) is 42.5 Å². The Morgan fingerprint density at radius 1 is 1.00 bits per heavy atom. The largest absolute Gasteiger partial charge is 0.493 e. The smallest absolute Gasteiger partial charge is 0.331 e.